The summed E-state index contributed by atoms with van der Waals surface area (Å²) < 4.78 is 0. The van der Waals surface area contributed by atoms with Gasteiger partial charge in [-0.2, -0.15) is 0 Å². The summed E-state index contributed by atoms with van der Waals surface area (Å²) in [5.74, 6) is 0.640. The van der Waals surface area contributed by atoms with Crippen LogP contribution in [0.25, 0.3) is 0 Å². The maximum Gasteiger partial charge on any atom is 0.0453 e. The van der Waals surface area contributed by atoms with Crippen LogP contribution in [0.15, 0.2) is 54.6 Å². The first-order valence-electron chi connectivity index (χ1n) is 7.63. The van der Waals surface area contributed by atoms with Crippen molar-refractivity contribution in [2.24, 2.45) is 5.92 Å². The summed E-state index contributed by atoms with van der Waals surface area (Å²) in [6.45, 7) is 6.70. The topological polar surface area (TPSA) is 12.0 Å². The van der Waals surface area contributed by atoms with E-state index in [0.29, 0.717) is 12.0 Å². The van der Waals surface area contributed by atoms with Gasteiger partial charge in [-0.1, -0.05) is 74.0 Å². The molecule has 2 atom stereocenters. The van der Waals surface area contributed by atoms with Crippen molar-refractivity contribution in [3.8, 4) is 0 Å². The Morgan fingerprint density at radius 3 is 2.14 bits per heavy atom. The van der Waals surface area contributed by atoms with Crippen molar-refractivity contribution >= 4 is 11.6 Å². The van der Waals surface area contributed by atoms with Crippen molar-refractivity contribution in [3.05, 3.63) is 70.7 Å². The van der Waals surface area contributed by atoms with Gasteiger partial charge in [0.1, 0.15) is 0 Å². The van der Waals surface area contributed by atoms with Gasteiger partial charge < -0.3 is 5.32 Å². The lowest BCUT2D eigenvalue weighted by molar-refractivity contribution is 0.394. The Balaban J connectivity index is 2.17. The summed E-state index contributed by atoms with van der Waals surface area (Å²) in [5, 5.41) is 4.56. The van der Waals surface area contributed by atoms with Crippen LogP contribution in [-0.2, 0) is 0 Å². The van der Waals surface area contributed by atoms with Crippen LogP contribution in [-0.4, -0.2) is 0 Å². The minimum absolute atomic E-state index is 0.225. The third-order valence-corrected chi connectivity index (χ3v) is 4.08. The molecule has 1 N–H and O–H groups in total. The number of hydrogen-bond acceptors (Lipinski definition) is 1. The van der Waals surface area contributed by atoms with Crippen molar-refractivity contribution < 1.29 is 0 Å². The van der Waals surface area contributed by atoms with E-state index < -0.39 is 0 Å². The van der Waals surface area contributed by atoms with E-state index in [0.717, 1.165) is 17.0 Å². The normalized spacial score (nSPS) is 14.1. The van der Waals surface area contributed by atoms with Gasteiger partial charge in [0.25, 0.3) is 0 Å². The van der Waals surface area contributed by atoms with Crippen LogP contribution in [0.4, 0.5) is 0 Å². The van der Waals surface area contributed by atoms with Gasteiger partial charge in [-0.15, -0.1) is 0 Å². The lowest BCUT2D eigenvalue weighted by atomic mass is 9.95. The maximum atomic E-state index is 6.31. The highest BCUT2D eigenvalue weighted by Gasteiger charge is 2.17. The molecule has 0 amide bonds. The van der Waals surface area contributed by atoms with Gasteiger partial charge in [0.05, 0.1) is 0 Å². The van der Waals surface area contributed by atoms with Crippen LogP contribution >= 0.6 is 11.6 Å². The standard InChI is InChI=1S/C19H24ClN/c1-14(2)13-19(16-9-5-4-6-10-16)21-15(3)17-11-7-8-12-18(17)20/h4-12,14-15,19,21H,13H2,1-3H3. The first-order valence-corrected chi connectivity index (χ1v) is 8.01. The Kier molecular flexibility index (Phi) is 5.84. The average Bonchev–Trinajstić information content (AvgIpc) is 2.47. The first kappa shape index (κ1) is 16.1. The molecule has 1 nitrogen and oxygen atoms in total. The molecule has 0 spiro atoms. The molecular formula is C19H24ClN. The van der Waals surface area contributed by atoms with E-state index in [-0.39, 0.29) is 6.04 Å². The Bertz CT molecular complexity index is 551. The van der Waals surface area contributed by atoms with Gasteiger partial charge in [-0.05, 0) is 36.5 Å². The molecule has 0 bridgehead atoms. The van der Waals surface area contributed by atoms with Crippen LogP contribution in [0.3, 0.4) is 0 Å². The van der Waals surface area contributed by atoms with Crippen molar-refractivity contribution in [2.45, 2.75) is 39.3 Å². The zero-order chi connectivity index (χ0) is 15.2. The Hall–Kier alpha value is -1.31. The Morgan fingerprint density at radius 2 is 1.52 bits per heavy atom. The van der Waals surface area contributed by atoms with Gasteiger partial charge in [0.2, 0.25) is 0 Å². The van der Waals surface area contributed by atoms with E-state index in [1.165, 1.54) is 5.56 Å². The van der Waals surface area contributed by atoms with E-state index in [9.17, 15) is 0 Å². The monoisotopic (exact) mass is 301 g/mol. The molecule has 2 aromatic rings. The maximum absolute atomic E-state index is 6.31. The zero-order valence-corrected chi connectivity index (χ0v) is 13.8. The summed E-state index contributed by atoms with van der Waals surface area (Å²) >= 11 is 6.31. The predicted molar refractivity (Wildman–Crippen MR) is 91.6 cm³/mol. The van der Waals surface area contributed by atoms with Crippen molar-refractivity contribution in [2.75, 3.05) is 0 Å². The van der Waals surface area contributed by atoms with E-state index in [4.69, 9.17) is 11.6 Å². The fourth-order valence-electron chi connectivity index (χ4n) is 2.67. The first-order chi connectivity index (χ1) is 10.1. The molecule has 0 fully saturated rings. The van der Waals surface area contributed by atoms with E-state index in [1.807, 2.05) is 18.2 Å². The second kappa shape index (κ2) is 7.63. The smallest absolute Gasteiger partial charge is 0.0453 e. The minimum Gasteiger partial charge on any atom is -0.303 e. The van der Waals surface area contributed by atoms with Gasteiger partial charge in [0.15, 0.2) is 0 Å². The molecule has 21 heavy (non-hydrogen) atoms. The molecule has 2 rings (SSSR count). The second-order valence-corrected chi connectivity index (χ2v) is 6.41. The molecule has 0 aliphatic carbocycles. The van der Waals surface area contributed by atoms with Gasteiger partial charge in [0, 0.05) is 17.1 Å². The number of hydrogen-bond donors (Lipinski definition) is 1. The lowest BCUT2D eigenvalue weighted by Crippen LogP contribution is -2.26. The van der Waals surface area contributed by atoms with Crippen LogP contribution < -0.4 is 5.32 Å². The summed E-state index contributed by atoms with van der Waals surface area (Å²) in [6.07, 6.45) is 1.11. The van der Waals surface area contributed by atoms with Crippen molar-refractivity contribution in [1.82, 2.24) is 5.32 Å². The van der Waals surface area contributed by atoms with Gasteiger partial charge in [-0.3, -0.25) is 0 Å². The molecule has 2 aromatic carbocycles. The minimum atomic E-state index is 0.225. The predicted octanol–water partition coefficient (Wildman–Crippen LogP) is 5.78. The SMILES string of the molecule is CC(C)CC(NC(C)c1ccccc1Cl)c1ccccc1. The largest absolute Gasteiger partial charge is 0.303 e. The van der Waals surface area contributed by atoms with E-state index in [2.05, 4.69) is 62.5 Å². The number of halogens is 1. The fraction of sp³-hybridized carbons (Fsp3) is 0.368. The van der Waals surface area contributed by atoms with Gasteiger partial charge >= 0.3 is 0 Å². The molecule has 112 valence electrons. The summed E-state index contributed by atoms with van der Waals surface area (Å²) in [7, 11) is 0. The molecule has 0 aliphatic rings. The molecule has 0 saturated heterocycles. The molecule has 0 heterocycles. The zero-order valence-electron chi connectivity index (χ0n) is 13.0. The number of rotatable bonds is 6. The van der Waals surface area contributed by atoms with E-state index >= 15 is 0 Å². The molecule has 0 saturated carbocycles. The highest BCUT2D eigenvalue weighted by Crippen LogP contribution is 2.28. The van der Waals surface area contributed by atoms with Crippen LogP contribution in [0.2, 0.25) is 5.02 Å². The second-order valence-electron chi connectivity index (χ2n) is 6.00. The molecular weight excluding hydrogens is 278 g/mol. The summed E-state index contributed by atoms with van der Waals surface area (Å²) in [5.41, 5.74) is 2.49. The van der Waals surface area contributed by atoms with E-state index in [1.54, 1.807) is 0 Å². The summed E-state index contributed by atoms with van der Waals surface area (Å²) in [4.78, 5) is 0. The number of nitrogens with one attached hydrogen (secondary N) is 1. The third kappa shape index (κ3) is 4.59. The molecule has 0 radical (unpaired) electrons. The molecule has 2 unspecified atom stereocenters. The molecule has 2 heteroatoms. The van der Waals surface area contributed by atoms with Crippen molar-refractivity contribution in [1.29, 1.82) is 0 Å². The molecule has 0 aliphatic heterocycles. The van der Waals surface area contributed by atoms with Crippen LogP contribution in [0, 0.1) is 5.92 Å². The van der Waals surface area contributed by atoms with Gasteiger partial charge in [-0.25, -0.2) is 0 Å². The van der Waals surface area contributed by atoms with Crippen LogP contribution in [0.1, 0.15) is 50.4 Å². The third-order valence-electron chi connectivity index (χ3n) is 3.73. The quantitative estimate of drug-likeness (QED) is 0.713. The van der Waals surface area contributed by atoms with Crippen LogP contribution in [0.5, 0.6) is 0 Å². The number of benzene rings is 2. The Labute approximate surface area is 133 Å². The fourth-order valence-corrected chi connectivity index (χ4v) is 2.97. The summed E-state index contributed by atoms with van der Waals surface area (Å²) in [6, 6.07) is 19.3. The Morgan fingerprint density at radius 1 is 0.905 bits per heavy atom. The molecule has 0 aromatic heterocycles. The lowest BCUT2D eigenvalue weighted by Gasteiger charge is -2.26. The van der Waals surface area contributed by atoms with Crippen molar-refractivity contribution in [3.63, 3.8) is 0 Å². The highest BCUT2D eigenvalue weighted by molar-refractivity contribution is 6.31. The average molecular weight is 302 g/mol. The highest BCUT2D eigenvalue weighted by atomic mass is 35.5.